The van der Waals surface area contributed by atoms with Crippen molar-refractivity contribution in [2.24, 2.45) is 0 Å². The first-order chi connectivity index (χ1) is 11.5. The quantitative estimate of drug-likeness (QED) is 0.625. The Labute approximate surface area is 139 Å². The van der Waals surface area contributed by atoms with Crippen molar-refractivity contribution in [3.05, 3.63) is 70.3 Å². The number of ether oxygens (including phenoxy) is 1. The Balaban J connectivity index is 1.87. The standard InChI is InChI=1S/C16H16N2O5S/c19-18(20)14-7-4-8-15(11-14)24(21,22)17-9-10-23-16(12-17)13-5-2-1-3-6-13/h1-8,11,16H,9-10,12H2. The summed E-state index contributed by atoms with van der Waals surface area (Å²) in [5.41, 5.74) is 0.653. The van der Waals surface area contributed by atoms with Crippen molar-refractivity contribution in [2.75, 3.05) is 19.7 Å². The molecule has 1 heterocycles. The van der Waals surface area contributed by atoms with E-state index < -0.39 is 14.9 Å². The van der Waals surface area contributed by atoms with Gasteiger partial charge in [0.25, 0.3) is 5.69 Å². The van der Waals surface area contributed by atoms with E-state index in [4.69, 9.17) is 4.74 Å². The Hall–Kier alpha value is -2.29. The van der Waals surface area contributed by atoms with Crippen LogP contribution in [-0.4, -0.2) is 37.3 Å². The summed E-state index contributed by atoms with van der Waals surface area (Å²) in [6.07, 6.45) is -0.353. The molecule has 1 saturated heterocycles. The molecule has 0 aliphatic carbocycles. The molecule has 0 bridgehead atoms. The van der Waals surface area contributed by atoms with Crippen LogP contribution in [0.5, 0.6) is 0 Å². The molecule has 24 heavy (non-hydrogen) atoms. The van der Waals surface area contributed by atoms with Crippen molar-refractivity contribution in [2.45, 2.75) is 11.0 Å². The summed E-state index contributed by atoms with van der Waals surface area (Å²) in [7, 11) is -3.81. The molecule has 0 amide bonds. The van der Waals surface area contributed by atoms with E-state index in [-0.39, 0.29) is 36.4 Å². The molecule has 0 N–H and O–H groups in total. The monoisotopic (exact) mass is 348 g/mol. The van der Waals surface area contributed by atoms with E-state index in [2.05, 4.69) is 0 Å². The molecular formula is C16H16N2O5S. The van der Waals surface area contributed by atoms with Crippen LogP contribution in [0.25, 0.3) is 0 Å². The van der Waals surface area contributed by atoms with Gasteiger partial charge in [-0.3, -0.25) is 10.1 Å². The summed E-state index contributed by atoms with van der Waals surface area (Å²) in [5.74, 6) is 0. The Bertz CT molecular complexity index is 839. The Morgan fingerprint density at radius 2 is 1.88 bits per heavy atom. The molecule has 8 heteroatoms. The maximum absolute atomic E-state index is 12.8. The molecule has 0 saturated carbocycles. The molecular weight excluding hydrogens is 332 g/mol. The van der Waals surface area contributed by atoms with Crippen molar-refractivity contribution in [1.82, 2.24) is 4.31 Å². The summed E-state index contributed by atoms with van der Waals surface area (Å²) >= 11 is 0. The van der Waals surface area contributed by atoms with E-state index in [0.717, 1.165) is 11.6 Å². The molecule has 7 nitrogen and oxygen atoms in total. The van der Waals surface area contributed by atoms with Gasteiger partial charge >= 0.3 is 0 Å². The summed E-state index contributed by atoms with van der Waals surface area (Å²) in [4.78, 5) is 10.2. The predicted molar refractivity (Wildman–Crippen MR) is 87.0 cm³/mol. The van der Waals surface area contributed by atoms with Crippen LogP contribution >= 0.6 is 0 Å². The first-order valence-electron chi connectivity index (χ1n) is 7.39. The summed E-state index contributed by atoms with van der Waals surface area (Å²) < 4.78 is 32.6. The SMILES string of the molecule is O=[N+]([O-])c1cccc(S(=O)(=O)N2CCOC(c3ccccc3)C2)c1. The van der Waals surface area contributed by atoms with Crippen molar-refractivity contribution < 1.29 is 18.1 Å². The average Bonchev–Trinajstić information content (AvgIpc) is 2.62. The van der Waals surface area contributed by atoms with Crippen LogP contribution in [0.1, 0.15) is 11.7 Å². The van der Waals surface area contributed by atoms with Gasteiger partial charge in [0.05, 0.1) is 22.5 Å². The van der Waals surface area contributed by atoms with Crippen LogP contribution in [0.4, 0.5) is 5.69 Å². The number of non-ortho nitro benzene ring substituents is 1. The third kappa shape index (κ3) is 3.30. The van der Waals surface area contributed by atoms with Crippen LogP contribution in [0.3, 0.4) is 0 Å². The predicted octanol–water partition coefficient (Wildman–Crippen LogP) is 2.36. The molecule has 3 rings (SSSR count). The van der Waals surface area contributed by atoms with E-state index in [9.17, 15) is 18.5 Å². The lowest BCUT2D eigenvalue weighted by atomic mass is 10.1. The molecule has 1 aliphatic heterocycles. The number of sulfonamides is 1. The molecule has 0 spiro atoms. The van der Waals surface area contributed by atoms with Gasteiger partial charge in [-0.1, -0.05) is 36.4 Å². The second kappa shape index (κ2) is 6.68. The minimum atomic E-state index is -3.81. The molecule has 2 aromatic carbocycles. The molecule has 0 aromatic heterocycles. The highest BCUT2D eigenvalue weighted by molar-refractivity contribution is 7.89. The third-order valence-corrected chi connectivity index (χ3v) is 5.73. The molecule has 0 radical (unpaired) electrons. The number of benzene rings is 2. The first-order valence-corrected chi connectivity index (χ1v) is 8.83. The van der Waals surface area contributed by atoms with Crippen LogP contribution < -0.4 is 0 Å². The number of nitro groups is 1. The van der Waals surface area contributed by atoms with Crippen LogP contribution in [0.2, 0.25) is 0 Å². The van der Waals surface area contributed by atoms with E-state index in [0.29, 0.717) is 0 Å². The summed E-state index contributed by atoms with van der Waals surface area (Å²) in [6.45, 7) is 0.664. The van der Waals surface area contributed by atoms with Gasteiger partial charge in [0.15, 0.2) is 0 Å². The highest BCUT2D eigenvalue weighted by Gasteiger charge is 2.32. The van der Waals surface area contributed by atoms with Gasteiger partial charge in [0, 0.05) is 25.2 Å². The van der Waals surface area contributed by atoms with Crippen LogP contribution in [-0.2, 0) is 14.8 Å². The smallest absolute Gasteiger partial charge is 0.270 e. The second-order valence-electron chi connectivity index (χ2n) is 5.39. The number of nitro benzene ring substituents is 1. The lowest BCUT2D eigenvalue weighted by Crippen LogP contribution is -2.42. The van der Waals surface area contributed by atoms with Crippen molar-refractivity contribution in [3.63, 3.8) is 0 Å². The van der Waals surface area contributed by atoms with Crippen molar-refractivity contribution >= 4 is 15.7 Å². The third-order valence-electron chi connectivity index (χ3n) is 3.87. The largest absolute Gasteiger partial charge is 0.371 e. The minimum absolute atomic E-state index is 0.0783. The lowest BCUT2D eigenvalue weighted by Gasteiger charge is -2.32. The number of morpholine rings is 1. The van der Waals surface area contributed by atoms with E-state index >= 15 is 0 Å². The minimum Gasteiger partial charge on any atom is -0.371 e. The van der Waals surface area contributed by atoms with Gasteiger partial charge in [0.2, 0.25) is 10.0 Å². The van der Waals surface area contributed by atoms with Gasteiger partial charge in [-0.25, -0.2) is 8.42 Å². The number of rotatable bonds is 4. The topological polar surface area (TPSA) is 89.8 Å². The van der Waals surface area contributed by atoms with Crippen molar-refractivity contribution in [3.8, 4) is 0 Å². The first kappa shape index (κ1) is 16.6. The zero-order valence-electron chi connectivity index (χ0n) is 12.7. The van der Waals surface area contributed by atoms with Gasteiger partial charge in [-0.15, -0.1) is 0 Å². The zero-order valence-corrected chi connectivity index (χ0v) is 13.6. The van der Waals surface area contributed by atoms with Gasteiger partial charge in [-0.05, 0) is 11.6 Å². The number of nitrogens with zero attached hydrogens (tertiary/aromatic N) is 2. The second-order valence-corrected chi connectivity index (χ2v) is 7.33. The Kier molecular flexibility index (Phi) is 4.61. The Morgan fingerprint density at radius 1 is 1.12 bits per heavy atom. The highest BCUT2D eigenvalue weighted by Crippen LogP contribution is 2.27. The van der Waals surface area contributed by atoms with Crippen LogP contribution in [0.15, 0.2) is 59.5 Å². The highest BCUT2D eigenvalue weighted by atomic mass is 32.2. The summed E-state index contributed by atoms with van der Waals surface area (Å²) in [5, 5.41) is 10.9. The molecule has 2 aromatic rings. The molecule has 1 atom stereocenters. The molecule has 1 unspecified atom stereocenters. The molecule has 1 fully saturated rings. The lowest BCUT2D eigenvalue weighted by molar-refractivity contribution is -0.385. The summed E-state index contributed by atoms with van der Waals surface area (Å²) in [6, 6.07) is 14.5. The molecule has 1 aliphatic rings. The van der Waals surface area contributed by atoms with Gasteiger partial charge < -0.3 is 4.74 Å². The normalized spacial score (nSPS) is 19.1. The maximum Gasteiger partial charge on any atom is 0.270 e. The van der Waals surface area contributed by atoms with Crippen LogP contribution in [0, 0.1) is 10.1 Å². The number of hydrogen-bond donors (Lipinski definition) is 0. The average molecular weight is 348 g/mol. The fraction of sp³-hybridized carbons (Fsp3) is 0.250. The van der Waals surface area contributed by atoms with E-state index in [1.807, 2.05) is 30.3 Å². The van der Waals surface area contributed by atoms with Gasteiger partial charge in [0.1, 0.15) is 0 Å². The molecule has 126 valence electrons. The Morgan fingerprint density at radius 3 is 2.58 bits per heavy atom. The fourth-order valence-corrected chi connectivity index (χ4v) is 4.08. The maximum atomic E-state index is 12.8. The van der Waals surface area contributed by atoms with E-state index in [1.165, 1.54) is 22.5 Å². The number of hydrogen-bond acceptors (Lipinski definition) is 5. The van der Waals surface area contributed by atoms with Crippen molar-refractivity contribution in [1.29, 1.82) is 0 Å². The van der Waals surface area contributed by atoms with Gasteiger partial charge in [-0.2, -0.15) is 4.31 Å². The zero-order chi connectivity index (χ0) is 17.2. The van der Waals surface area contributed by atoms with E-state index in [1.54, 1.807) is 0 Å². The fourth-order valence-electron chi connectivity index (χ4n) is 2.62.